The van der Waals surface area contributed by atoms with Gasteiger partial charge >= 0.3 is 0 Å². The van der Waals surface area contributed by atoms with E-state index in [1.165, 1.54) is 0 Å². The standard InChI is InChI=1S/C13H17BrN2O2.ClH/c1-18-12-7-9(14)4-5-11(12)13(17)16-10-3-2-6-15-8-10;/h4-5,7,10,15H,2-3,6,8H2,1H3,(H,16,17);1H. The van der Waals surface area contributed by atoms with Crippen molar-refractivity contribution < 1.29 is 9.53 Å². The maximum atomic E-state index is 12.2. The lowest BCUT2D eigenvalue weighted by atomic mass is 10.1. The summed E-state index contributed by atoms with van der Waals surface area (Å²) < 4.78 is 6.13. The molecule has 1 aromatic carbocycles. The molecule has 0 spiro atoms. The summed E-state index contributed by atoms with van der Waals surface area (Å²) in [5.41, 5.74) is 0.575. The van der Waals surface area contributed by atoms with Crippen molar-refractivity contribution in [2.24, 2.45) is 0 Å². The van der Waals surface area contributed by atoms with Gasteiger partial charge in [0, 0.05) is 17.1 Å². The molecule has 1 aliphatic heterocycles. The third-order valence-corrected chi connectivity index (χ3v) is 3.53. The number of piperidine rings is 1. The van der Waals surface area contributed by atoms with Crippen LogP contribution >= 0.6 is 28.3 Å². The highest BCUT2D eigenvalue weighted by Crippen LogP contribution is 2.23. The Labute approximate surface area is 127 Å². The molecule has 1 atom stereocenters. The lowest BCUT2D eigenvalue weighted by molar-refractivity contribution is 0.0927. The van der Waals surface area contributed by atoms with Crippen molar-refractivity contribution in [1.29, 1.82) is 0 Å². The maximum absolute atomic E-state index is 12.2. The summed E-state index contributed by atoms with van der Waals surface area (Å²) in [4.78, 5) is 12.2. The van der Waals surface area contributed by atoms with Crippen LogP contribution in [0.3, 0.4) is 0 Å². The molecule has 2 N–H and O–H groups in total. The van der Waals surface area contributed by atoms with Gasteiger partial charge in [-0.15, -0.1) is 12.4 Å². The molecule has 0 aliphatic carbocycles. The number of methoxy groups -OCH3 is 1. The first-order valence-electron chi connectivity index (χ1n) is 6.06. The van der Waals surface area contributed by atoms with Crippen LogP contribution in [0.15, 0.2) is 22.7 Å². The fourth-order valence-corrected chi connectivity index (χ4v) is 2.43. The predicted octanol–water partition coefficient (Wildman–Crippen LogP) is 2.36. The number of nitrogens with one attached hydrogen (secondary N) is 2. The van der Waals surface area contributed by atoms with Crippen LogP contribution in [-0.2, 0) is 0 Å². The van der Waals surface area contributed by atoms with Gasteiger partial charge in [0.15, 0.2) is 0 Å². The third kappa shape index (κ3) is 4.37. The van der Waals surface area contributed by atoms with Crippen LogP contribution in [0.4, 0.5) is 0 Å². The summed E-state index contributed by atoms with van der Waals surface area (Å²) in [6.07, 6.45) is 2.13. The molecular formula is C13H18BrClN2O2. The van der Waals surface area contributed by atoms with Crippen molar-refractivity contribution in [2.45, 2.75) is 18.9 Å². The summed E-state index contributed by atoms with van der Waals surface area (Å²) in [5.74, 6) is 0.513. The molecule has 1 amide bonds. The van der Waals surface area contributed by atoms with E-state index in [-0.39, 0.29) is 24.4 Å². The number of ether oxygens (including phenoxy) is 1. The Kier molecular flexibility index (Phi) is 6.62. The first-order chi connectivity index (χ1) is 8.70. The SMILES string of the molecule is COc1cc(Br)ccc1C(=O)NC1CCCNC1.Cl. The second-order valence-electron chi connectivity index (χ2n) is 4.36. The van der Waals surface area contributed by atoms with Crippen LogP contribution in [-0.4, -0.2) is 32.1 Å². The molecule has 1 unspecified atom stereocenters. The van der Waals surface area contributed by atoms with Gasteiger partial charge in [0.05, 0.1) is 12.7 Å². The van der Waals surface area contributed by atoms with E-state index in [0.29, 0.717) is 11.3 Å². The zero-order valence-corrected chi connectivity index (χ0v) is 13.1. The highest BCUT2D eigenvalue weighted by Gasteiger charge is 2.18. The number of hydrogen-bond acceptors (Lipinski definition) is 3. The van der Waals surface area contributed by atoms with Gasteiger partial charge in [-0.3, -0.25) is 4.79 Å². The summed E-state index contributed by atoms with van der Waals surface area (Å²) in [7, 11) is 1.57. The number of halogens is 2. The van der Waals surface area contributed by atoms with Gasteiger partial charge in [0.2, 0.25) is 0 Å². The van der Waals surface area contributed by atoms with Gasteiger partial charge in [-0.1, -0.05) is 15.9 Å². The van der Waals surface area contributed by atoms with E-state index in [2.05, 4.69) is 26.6 Å². The molecule has 106 valence electrons. The normalized spacial score (nSPS) is 18.3. The molecule has 1 aromatic rings. The second-order valence-corrected chi connectivity index (χ2v) is 5.28. The summed E-state index contributed by atoms with van der Waals surface area (Å²) in [5, 5.41) is 6.31. The van der Waals surface area contributed by atoms with Crippen LogP contribution in [0.25, 0.3) is 0 Å². The molecule has 19 heavy (non-hydrogen) atoms. The number of benzene rings is 1. The van der Waals surface area contributed by atoms with E-state index in [1.54, 1.807) is 19.2 Å². The minimum atomic E-state index is -0.0759. The molecule has 4 nitrogen and oxygen atoms in total. The van der Waals surface area contributed by atoms with Crippen molar-refractivity contribution in [2.75, 3.05) is 20.2 Å². The minimum absolute atomic E-state index is 0. The Bertz CT molecular complexity index is 437. The Hall–Kier alpha value is -0.780. The van der Waals surface area contributed by atoms with E-state index >= 15 is 0 Å². The fraction of sp³-hybridized carbons (Fsp3) is 0.462. The average Bonchev–Trinajstić information content (AvgIpc) is 2.39. The number of amides is 1. The summed E-state index contributed by atoms with van der Waals surface area (Å²) in [6.45, 7) is 1.87. The monoisotopic (exact) mass is 348 g/mol. The van der Waals surface area contributed by atoms with Crippen molar-refractivity contribution in [3.63, 3.8) is 0 Å². The quantitative estimate of drug-likeness (QED) is 0.881. The Morgan fingerprint density at radius 1 is 1.53 bits per heavy atom. The van der Waals surface area contributed by atoms with Gasteiger partial charge < -0.3 is 15.4 Å². The Morgan fingerprint density at radius 3 is 2.95 bits per heavy atom. The minimum Gasteiger partial charge on any atom is -0.496 e. The van der Waals surface area contributed by atoms with E-state index in [9.17, 15) is 4.79 Å². The molecule has 6 heteroatoms. The third-order valence-electron chi connectivity index (χ3n) is 3.04. The lowest BCUT2D eigenvalue weighted by Crippen LogP contribution is -2.45. The van der Waals surface area contributed by atoms with Crippen molar-refractivity contribution in [3.8, 4) is 5.75 Å². The van der Waals surface area contributed by atoms with Crippen LogP contribution in [0.1, 0.15) is 23.2 Å². The zero-order valence-electron chi connectivity index (χ0n) is 10.7. The zero-order chi connectivity index (χ0) is 13.0. The number of hydrogen-bond donors (Lipinski definition) is 2. The molecule has 1 aliphatic rings. The van der Waals surface area contributed by atoms with E-state index in [0.717, 1.165) is 30.4 Å². The molecule has 0 aromatic heterocycles. The van der Waals surface area contributed by atoms with Crippen LogP contribution in [0, 0.1) is 0 Å². The first-order valence-corrected chi connectivity index (χ1v) is 6.85. The lowest BCUT2D eigenvalue weighted by Gasteiger charge is -2.24. The molecular weight excluding hydrogens is 332 g/mol. The average molecular weight is 350 g/mol. The van der Waals surface area contributed by atoms with Crippen molar-refractivity contribution in [1.82, 2.24) is 10.6 Å². The molecule has 1 fully saturated rings. The molecule has 0 saturated carbocycles. The van der Waals surface area contributed by atoms with Crippen LogP contribution in [0.5, 0.6) is 5.75 Å². The van der Waals surface area contributed by atoms with Gasteiger partial charge in [0.25, 0.3) is 5.91 Å². The van der Waals surface area contributed by atoms with Crippen LogP contribution in [0.2, 0.25) is 0 Å². The highest BCUT2D eigenvalue weighted by molar-refractivity contribution is 9.10. The summed E-state index contributed by atoms with van der Waals surface area (Å²) >= 11 is 3.36. The predicted molar refractivity (Wildman–Crippen MR) is 81.3 cm³/mol. The number of carbonyl (C=O) groups is 1. The van der Waals surface area contributed by atoms with Gasteiger partial charge in [0.1, 0.15) is 5.75 Å². The maximum Gasteiger partial charge on any atom is 0.255 e. The van der Waals surface area contributed by atoms with Crippen LogP contribution < -0.4 is 15.4 Å². The van der Waals surface area contributed by atoms with Crippen molar-refractivity contribution in [3.05, 3.63) is 28.2 Å². The molecule has 0 radical (unpaired) electrons. The van der Waals surface area contributed by atoms with Gasteiger partial charge in [-0.2, -0.15) is 0 Å². The topological polar surface area (TPSA) is 50.4 Å². The van der Waals surface area contributed by atoms with Crippen molar-refractivity contribution >= 4 is 34.2 Å². The Morgan fingerprint density at radius 2 is 2.32 bits per heavy atom. The van der Waals surface area contributed by atoms with E-state index in [4.69, 9.17) is 4.74 Å². The first kappa shape index (κ1) is 16.3. The smallest absolute Gasteiger partial charge is 0.255 e. The molecule has 1 heterocycles. The Balaban J connectivity index is 0.00000180. The van der Waals surface area contributed by atoms with Gasteiger partial charge in [-0.05, 0) is 37.6 Å². The fourth-order valence-electron chi connectivity index (χ4n) is 2.09. The summed E-state index contributed by atoms with van der Waals surface area (Å²) in [6, 6.07) is 5.62. The largest absolute Gasteiger partial charge is 0.496 e. The highest BCUT2D eigenvalue weighted by atomic mass is 79.9. The number of rotatable bonds is 3. The van der Waals surface area contributed by atoms with E-state index in [1.807, 2.05) is 6.07 Å². The molecule has 0 bridgehead atoms. The second kappa shape index (κ2) is 7.72. The number of carbonyl (C=O) groups excluding carboxylic acids is 1. The van der Waals surface area contributed by atoms with Gasteiger partial charge in [-0.25, -0.2) is 0 Å². The molecule has 2 rings (SSSR count). The molecule has 1 saturated heterocycles. The van der Waals surface area contributed by atoms with E-state index < -0.39 is 0 Å².